The van der Waals surface area contributed by atoms with Crippen molar-refractivity contribution in [2.24, 2.45) is 4.99 Å². The van der Waals surface area contributed by atoms with E-state index in [1.165, 1.54) is 4.88 Å². The number of anilines is 1. The minimum Gasteiger partial charge on any atom is -0.356 e. The Labute approximate surface area is 147 Å². The Bertz CT molecular complexity index is 750. The summed E-state index contributed by atoms with van der Waals surface area (Å²) in [6, 6.07) is 5.69. The number of rotatable bonds is 6. The summed E-state index contributed by atoms with van der Waals surface area (Å²) in [5, 5.41) is 9.95. The van der Waals surface area contributed by atoms with E-state index in [0.29, 0.717) is 12.5 Å². The predicted molar refractivity (Wildman–Crippen MR) is 92.3 cm³/mol. The van der Waals surface area contributed by atoms with Crippen molar-refractivity contribution in [2.45, 2.75) is 6.42 Å². The van der Waals surface area contributed by atoms with Crippen molar-refractivity contribution < 1.29 is 18.0 Å². The molecule has 0 atom stereocenters. The van der Waals surface area contributed by atoms with E-state index in [9.17, 15) is 18.0 Å². The molecule has 0 bridgehead atoms. The van der Waals surface area contributed by atoms with Gasteiger partial charge in [-0.15, -0.1) is 11.3 Å². The molecule has 1 amide bonds. The van der Waals surface area contributed by atoms with Crippen LogP contribution in [0.2, 0.25) is 0 Å². The van der Waals surface area contributed by atoms with Crippen molar-refractivity contribution in [3.8, 4) is 0 Å². The SMILES string of the molecule is CN=C(NCCc1cccs1)NCC(=O)Nc1ccc(F)c(F)c1F. The fourth-order valence-electron chi connectivity index (χ4n) is 1.96. The van der Waals surface area contributed by atoms with Crippen LogP contribution in [0.4, 0.5) is 18.9 Å². The van der Waals surface area contributed by atoms with Gasteiger partial charge in [0.15, 0.2) is 23.4 Å². The summed E-state index contributed by atoms with van der Waals surface area (Å²) in [7, 11) is 1.55. The van der Waals surface area contributed by atoms with Crippen LogP contribution in [0.25, 0.3) is 0 Å². The summed E-state index contributed by atoms with van der Waals surface area (Å²) >= 11 is 1.65. The molecule has 2 rings (SSSR count). The van der Waals surface area contributed by atoms with E-state index in [1.807, 2.05) is 17.5 Å². The van der Waals surface area contributed by atoms with E-state index >= 15 is 0 Å². The van der Waals surface area contributed by atoms with Crippen LogP contribution in [0.3, 0.4) is 0 Å². The highest BCUT2D eigenvalue weighted by molar-refractivity contribution is 7.09. The maximum Gasteiger partial charge on any atom is 0.243 e. The van der Waals surface area contributed by atoms with Gasteiger partial charge in [0.2, 0.25) is 5.91 Å². The van der Waals surface area contributed by atoms with Crippen LogP contribution in [0.5, 0.6) is 0 Å². The highest BCUT2D eigenvalue weighted by Gasteiger charge is 2.15. The number of halogens is 3. The zero-order valence-corrected chi connectivity index (χ0v) is 14.2. The van der Waals surface area contributed by atoms with Crippen LogP contribution < -0.4 is 16.0 Å². The smallest absolute Gasteiger partial charge is 0.243 e. The van der Waals surface area contributed by atoms with Crippen LogP contribution in [-0.2, 0) is 11.2 Å². The molecule has 0 unspecified atom stereocenters. The Balaban J connectivity index is 1.79. The first-order chi connectivity index (χ1) is 12.0. The topological polar surface area (TPSA) is 65.5 Å². The number of hydrogen-bond donors (Lipinski definition) is 3. The second kappa shape index (κ2) is 9.07. The summed E-state index contributed by atoms with van der Waals surface area (Å²) in [5.41, 5.74) is -0.425. The van der Waals surface area contributed by atoms with Crippen molar-refractivity contribution >= 4 is 28.9 Å². The molecule has 1 aromatic carbocycles. The van der Waals surface area contributed by atoms with Gasteiger partial charge in [0.05, 0.1) is 12.2 Å². The van der Waals surface area contributed by atoms with Gasteiger partial charge in [0.25, 0.3) is 0 Å². The molecular formula is C16H17F3N4OS. The van der Waals surface area contributed by atoms with E-state index in [4.69, 9.17) is 0 Å². The fourth-order valence-corrected chi connectivity index (χ4v) is 2.67. The van der Waals surface area contributed by atoms with Crippen LogP contribution in [0.15, 0.2) is 34.6 Å². The van der Waals surface area contributed by atoms with Crippen molar-refractivity contribution in [3.05, 3.63) is 52.0 Å². The molecule has 0 saturated carbocycles. The number of benzene rings is 1. The Morgan fingerprint density at radius 3 is 2.64 bits per heavy atom. The number of carbonyl (C=O) groups excluding carboxylic acids is 1. The normalized spacial score (nSPS) is 11.3. The third-order valence-corrected chi connectivity index (χ3v) is 4.13. The van der Waals surface area contributed by atoms with Crippen LogP contribution in [-0.4, -0.2) is 32.0 Å². The lowest BCUT2D eigenvalue weighted by Gasteiger charge is -2.12. The Kier molecular flexibility index (Phi) is 6.81. The Morgan fingerprint density at radius 2 is 1.96 bits per heavy atom. The first-order valence-corrected chi connectivity index (χ1v) is 8.29. The summed E-state index contributed by atoms with van der Waals surface area (Å²) in [4.78, 5) is 17.0. The summed E-state index contributed by atoms with van der Waals surface area (Å²) in [6.07, 6.45) is 0.810. The minimum absolute atomic E-state index is 0.211. The Morgan fingerprint density at radius 1 is 1.16 bits per heavy atom. The number of amides is 1. The highest BCUT2D eigenvalue weighted by Crippen LogP contribution is 2.19. The summed E-state index contributed by atoms with van der Waals surface area (Å²) < 4.78 is 39.5. The third kappa shape index (κ3) is 5.49. The number of aliphatic imine (C=N–C) groups is 1. The number of carbonyl (C=O) groups is 1. The minimum atomic E-state index is -1.63. The Hall–Kier alpha value is -2.55. The average molecular weight is 370 g/mol. The molecule has 0 radical (unpaired) electrons. The van der Waals surface area contributed by atoms with Gasteiger partial charge in [0, 0.05) is 18.5 Å². The fraction of sp³-hybridized carbons (Fsp3) is 0.250. The molecule has 0 aliphatic heterocycles. The van der Waals surface area contributed by atoms with Crippen molar-refractivity contribution in [1.82, 2.24) is 10.6 Å². The molecule has 25 heavy (non-hydrogen) atoms. The van der Waals surface area contributed by atoms with E-state index < -0.39 is 29.0 Å². The summed E-state index contributed by atoms with van der Waals surface area (Å²) in [5.74, 6) is -4.60. The molecule has 0 saturated heterocycles. The first-order valence-electron chi connectivity index (χ1n) is 7.41. The molecule has 0 fully saturated rings. The van der Waals surface area contributed by atoms with Crippen molar-refractivity contribution in [2.75, 3.05) is 25.5 Å². The lowest BCUT2D eigenvalue weighted by atomic mass is 10.2. The van der Waals surface area contributed by atoms with Gasteiger partial charge in [-0.25, -0.2) is 13.2 Å². The standard InChI is InChI=1S/C16H17F3N4OS/c1-20-16(21-7-6-10-3-2-8-25-10)22-9-13(24)23-12-5-4-11(17)14(18)15(12)19/h2-5,8H,6-7,9H2,1H3,(H,23,24)(H2,20,21,22). The molecule has 5 nitrogen and oxygen atoms in total. The maximum absolute atomic E-state index is 13.5. The molecule has 9 heteroatoms. The van der Waals surface area contributed by atoms with Crippen molar-refractivity contribution in [3.63, 3.8) is 0 Å². The number of nitrogens with zero attached hydrogens (tertiary/aromatic N) is 1. The van der Waals surface area contributed by atoms with E-state index in [0.717, 1.165) is 18.6 Å². The zero-order valence-electron chi connectivity index (χ0n) is 13.4. The molecule has 3 N–H and O–H groups in total. The highest BCUT2D eigenvalue weighted by atomic mass is 32.1. The quantitative estimate of drug-likeness (QED) is 0.416. The van der Waals surface area contributed by atoms with Crippen molar-refractivity contribution in [1.29, 1.82) is 0 Å². The monoisotopic (exact) mass is 370 g/mol. The second-order valence-corrected chi connectivity index (χ2v) is 5.99. The van der Waals surface area contributed by atoms with Gasteiger partial charge in [0.1, 0.15) is 0 Å². The number of guanidine groups is 1. The van der Waals surface area contributed by atoms with Crippen LogP contribution in [0.1, 0.15) is 4.88 Å². The van der Waals surface area contributed by atoms with E-state index in [1.54, 1.807) is 18.4 Å². The largest absolute Gasteiger partial charge is 0.356 e. The second-order valence-electron chi connectivity index (χ2n) is 4.95. The first kappa shape index (κ1) is 18.8. The number of thiophene rings is 1. The predicted octanol–water partition coefficient (Wildman–Crippen LogP) is 2.51. The van der Waals surface area contributed by atoms with Gasteiger partial charge >= 0.3 is 0 Å². The van der Waals surface area contributed by atoms with E-state index in [2.05, 4.69) is 20.9 Å². The average Bonchev–Trinajstić information content (AvgIpc) is 3.12. The van der Waals surface area contributed by atoms with E-state index in [-0.39, 0.29) is 6.54 Å². The van der Waals surface area contributed by atoms with Gasteiger partial charge < -0.3 is 16.0 Å². The number of hydrogen-bond acceptors (Lipinski definition) is 3. The molecular weight excluding hydrogens is 353 g/mol. The lowest BCUT2D eigenvalue weighted by molar-refractivity contribution is -0.115. The molecule has 1 aromatic heterocycles. The molecule has 0 spiro atoms. The van der Waals surface area contributed by atoms with Gasteiger partial charge in [-0.3, -0.25) is 9.79 Å². The van der Waals surface area contributed by atoms with Gasteiger partial charge in [-0.1, -0.05) is 6.07 Å². The molecule has 0 aliphatic rings. The molecule has 134 valence electrons. The molecule has 0 aliphatic carbocycles. The van der Waals surface area contributed by atoms with Crippen LogP contribution in [0, 0.1) is 17.5 Å². The lowest BCUT2D eigenvalue weighted by Crippen LogP contribution is -2.42. The zero-order chi connectivity index (χ0) is 18.2. The number of nitrogens with one attached hydrogen (secondary N) is 3. The third-order valence-electron chi connectivity index (χ3n) is 3.19. The summed E-state index contributed by atoms with van der Waals surface area (Å²) in [6.45, 7) is 0.413. The molecule has 2 aromatic rings. The molecule has 1 heterocycles. The van der Waals surface area contributed by atoms with Gasteiger partial charge in [-0.2, -0.15) is 0 Å². The maximum atomic E-state index is 13.5. The van der Waals surface area contributed by atoms with Gasteiger partial charge in [-0.05, 0) is 30.0 Å². The van der Waals surface area contributed by atoms with Crippen LogP contribution >= 0.6 is 11.3 Å².